The van der Waals surface area contributed by atoms with Crippen LogP contribution in [-0.2, 0) is 9.59 Å². The van der Waals surface area contributed by atoms with Crippen LogP contribution in [0.1, 0.15) is 19.3 Å². The van der Waals surface area contributed by atoms with Gasteiger partial charge < -0.3 is 10.0 Å². The molecule has 4 heteroatoms. The molecule has 2 saturated carbocycles. The number of nitrogens with zero attached hydrogens (tertiary/aromatic N) is 1. The van der Waals surface area contributed by atoms with Gasteiger partial charge in [-0.1, -0.05) is 0 Å². The molecule has 0 aromatic heterocycles. The molecule has 1 N–H and O–H groups in total. The average molecular weight is 195 g/mol. The minimum Gasteiger partial charge on any atom is -0.481 e. The van der Waals surface area contributed by atoms with Gasteiger partial charge in [0.15, 0.2) is 0 Å². The van der Waals surface area contributed by atoms with Gasteiger partial charge in [-0.25, -0.2) is 0 Å². The Kier molecular flexibility index (Phi) is 1.47. The molecule has 14 heavy (non-hydrogen) atoms. The number of hydrogen-bond acceptors (Lipinski definition) is 2. The van der Waals surface area contributed by atoms with Gasteiger partial charge in [-0.15, -0.1) is 0 Å². The lowest BCUT2D eigenvalue weighted by molar-refractivity contribution is -0.144. The van der Waals surface area contributed by atoms with Crippen LogP contribution in [0.3, 0.4) is 0 Å². The Balaban J connectivity index is 1.69. The van der Waals surface area contributed by atoms with Crippen molar-refractivity contribution in [3.8, 4) is 0 Å². The average Bonchev–Trinajstić information content (AvgIpc) is 2.65. The maximum absolute atomic E-state index is 11.8. The van der Waals surface area contributed by atoms with E-state index in [1.807, 2.05) is 4.90 Å². The van der Waals surface area contributed by atoms with Crippen LogP contribution >= 0.6 is 0 Å². The Labute approximate surface area is 81.9 Å². The lowest BCUT2D eigenvalue weighted by Gasteiger charge is -2.36. The van der Waals surface area contributed by atoms with Gasteiger partial charge in [0.2, 0.25) is 5.91 Å². The van der Waals surface area contributed by atoms with Crippen molar-refractivity contribution in [2.45, 2.75) is 25.3 Å². The zero-order valence-corrected chi connectivity index (χ0v) is 7.85. The number of hydrogen-bond donors (Lipinski definition) is 1. The maximum atomic E-state index is 11.8. The molecule has 0 aromatic rings. The fourth-order valence-corrected chi connectivity index (χ4v) is 2.81. The molecular formula is C10H13NO3. The van der Waals surface area contributed by atoms with Crippen LogP contribution in [0.15, 0.2) is 0 Å². The first-order chi connectivity index (χ1) is 6.70. The molecule has 76 valence electrons. The van der Waals surface area contributed by atoms with Gasteiger partial charge in [-0.3, -0.25) is 9.59 Å². The van der Waals surface area contributed by atoms with Crippen LogP contribution in [0.2, 0.25) is 0 Å². The number of carbonyl (C=O) groups excluding carboxylic acids is 1. The summed E-state index contributed by atoms with van der Waals surface area (Å²) in [6, 6.07) is 0.435. The molecule has 0 bridgehead atoms. The summed E-state index contributed by atoms with van der Waals surface area (Å²) in [5.41, 5.74) is 0. The minimum atomic E-state index is -0.790. The van der Waals surface area contributed by atoms with Gasteiger partial charge in [0.25, 0.3) is 0 Å². The third-order valence-corrected chi connectivity index (χ3v) is 3.94. The molecule has 3 rings (SSSR count). The second kappa shape index (κ2) is 2.49. The van der Waals surface area contributed by atoms with Gasteiger partial charge in [0.05, 0.1) is 11.8 Å². The number of piperidine rings is 1. The Morgan fingerprint density at radius 2 is 2.14 bits per heavy atom. The van der Waals surface area contributed by atoms with E-state index in [-0.39, 0.29) is 23.7 Å². The van der Waals surface area contributed by atoms with Crippen molar-refractivity contribution in [2.24, 2.45) is 17.8 Å². The molecule has 2 aliphatic carbocycles. The van der Waals surface area contributed by atoms with Crippen LogP contribution in [0, 0.1) is 17.8 Å². The number of aliphatic carboxylic acids is 1. The summed E-state index contributed by atoms with van der Waals surface area (Å²) in [6.07, 6.45) is 3.44. The summed E-state index contributed by atoms with van der Waals surface area (Å²) < 4.78 is 0. The van der Waals surface area contributed by atoms with Crippen LogP contribution in [-0.4, -0.2) is 34.5 Å². The predicted octanol–water partition coefficient (Wildman–Crippen LogP) is 0.328. The highest BCUT2D eigenvalue weighted by molar-refractivity contribution is 5.93. The number of carboxylic acids is 1. The van der Waals surface area contributed by atoms with Crippen molar-refractivity contribution in [2.75, 3.05) is 6.54 Å². The molecular weight excluding hydrogens is 182 g/mol. The lowest BCUT2D eigenvalue weighted by Crippen LogP contribution is -2.43. The fourth-order valence-electron chi connectivity index (χ4n) is 2.81. The molecule has 0 aromatic carbocycles. The van der Waals surface area contributed by atoms with Crippen molar-refractivity contribution in [3.63, 3.8) is 0 Å². The molecule has 0 radical (unpaired) electrons. The number of fused-ring (bicyclic) bond motifs is 1. The van der Waals surface area contributed by atoms with Gasteiger partial charge in [-0.05, 0) is 19.3 Å². The van der Waals surface area contributed by atoms with E-state index >= 15 is 0 Å². The van der Waals surface area contributed by atoms with E-state index in [9.17, 15) is 9.59 Å². The summed E-state index contributed by atoms with van der Waals surface area (Å²) in [4.78, 5) is 24.4. The first kappa shape index (κ1) is 8.26. The molecule has 3 unspecified atom stereocenters. The normalized spacial score (nSPS) is 40.7. The lowest BCUT2D eigenvalue weighted by atomic mass is 9.91. The minimum absolute atomic E-state index is 0.104. The van der Waals surface area contributed by atoms with E-state index in [4.69, 9.17) is 5.11 Å². The Morgan fingerprint density at radius 3 is 2.50 bits per heavy atom. The zero-order valence-electron chi connectivity index (χ0n) is 7.85. The van der Waals surface area contributed by atoms with Crippen LogP contribution < -0.4 is 0 Å². The van der Waals surface area contributed by atoms with Gasteiger partial charge in [0, 0.05) is 18.5 Å². The number of carboxylic acid groups (broad SMARTS) is 1. The van der Waals surface area contributed by atoms with Crippen molar-refractivity contribution in [1.82, 2.24) is 4.90 Å². The predicted molar refractivity (Wildman–Crippen MR) is 47.5 cm³/mol. The Bertz CT molecular complexity index is 310. The standard InChI is InChI=1S/C10H13NO3/c12-9-7-6(8(7)10(13)14)4-11(9)5-2-1-3-5/h5-8H,1-4H2,(H,13,14). The molecule has 1 saturated heterocycles. The molecule has 3 atom stereocenters. The molecule has 0 spiro atoms. The summed E-state index contributed by atoms with van der Waals surface area (Å²) in [5, 5.41) is 8.80. The third kappa shape index (κ3) is 0.885. The molecule has 3 aliphatic rings. The highest BCUT2D eigenvalue weighted by Gasteiger charge is 2.66. The van der Waals surface area contributed by atoms with Crippen LogP contribution in [0.4, 0.5) is 0 Å². The maximum Gasteiger partial charge on any atom is 0.307 e. The SMILES string of the molecule is O=C(O)C1C2CN(C3CCC3)C(=O)C21. The molecule has 1 aliphatic heterocycles. The van der Waals surface area contributed by atoms with E-state index in [0.29, 0.717) is 12.6 Å². The van der Waals surface area contributed by atoms with E-state index in [1.54, 1.807) is 0 Å². The van der Waals surface area contributed by atoms with Crippen molar-refractivity contribution in [1.29, 1.82) is 0 Å². The molecule has 1 heterocycles. The summed E-state index contributed by atoms with van der Waals surface area (Å²) in [5.74, 6) is -1.10. The highest BCUT2D eigenvalue weighted by atomic mass is 16.4. The fraction of sp³-hybridized carbons (Fsp3) is 0.800. The van der Waals surface area contributed by atoms with Crippen molar-refractivity contribution >= 4 is 11.9 Å². The van der Waals surface area contributed by atoms with Crippen LogP contribution in [0.25, 0.3) is 0 Å². The van der Waals surface area contributed by atoms with E-state index < -0.39 is 5.97 Å². The number of carbonyl (C=O) groups is 2. The monoisotopic (exact) mass is 195 g/mol. The summed E-state index contributed by atoms with van der Waals surface area (Å²) in [7, 11) is 0. The first-order valence-corrected chi connectivity index (χ1v) is 5.23. The molecule has 3 fully saturated rings. The van der Waals surface area contributed by atoms with E-state index in [0.717, 1.165) is 12.8 Å². The molecule has 1 amide bonds. The van der Waals surface area contributed by atoms with Crippen molar-refractivity contribution in [3.05, 3.63) is 0 Å². The third-order valence-electron chi connectivity index (χ3n) is 3.94. The van der Waals surface area contributed by atoms with Gasteiger partial charge >= 0.3 is 5.97 Å². The summed E-state index contributed by atoms with van der Waals surface area (Å²) >= 11 is 0. The number of amides is 1. The quantitative estimate of drug-likeness (QED) is 0.690. The second-order valence-corrected chi connectivity index (χ2v) is 4.63. The van der Waals surface area contributed by atoms with Crippen molar-refractivity contribution < 1.29 is 14.7 Å². The topological polar surface area (TPSA) is 57.6 Å². The zero-order chi connectivity index (χ0) is 9.87. The highest BCUT2D eigenvalue weighted by Crippen LogP contribution is 2.54. The first-order valence-electron chi connectivity index (χ1n) is 5.23. The van der Waals surface area contributed by atoms with Gasteiger partial charge in [-0.2, -0.15) is 0 Å². The van der Waals surface area contributed by atoms with E-state index in [1.165, 1.54) is 6.42 Å². The Hall–Kier alpha value is -1.06. The number of likely N-dealkylation sites (tertiary alicyclic amines) is 1. The number of rotatable bonds is 2. The van der Waals surface area contributed by atoms with E-state index in [2.05, 4.69) is 0 Å². The molecule has 4 nitrogen and oxygen atoms in total. The largest absolute Gasteiger partial charge is 0.481 e. The Morgan fingerprint density at radius 1 is 1.43 bits per heavy atom. The second-order valence-electron chi connectivity index (χ2n) is 4.63. The smallest absolute Gasteiger partial charge is 0.307 e. The van der Waals surface area contributed by atoms with Gasteiger partial charge in [0.1, 0.15) is 0 Å². The van der Waals surface area contributed by atoms with Crippen LogP contribution in [0.5, 0.6) is 0 Å². The summed E-state index contributed by atoms with van der Waals surface area (Å²) in [6.45, 7) is 0.700.